The second-order valence-electron chi connectivity index (χ2n) is 4.68. The lowest BCUT2D eigenvalue weighted by molar-refractivity contribution is 0.913. The lowest BCUT2D eigenvalue weighted by Crippen LogP contribution is -1.90. The van der Waals surface area contributed by atoms with E-state index in [1.807, 2.05) is 22.7 Å². The molecular weight excluding hydrogens is 268 g/mol. The van der Waals surface area contributed by atoms with E-state index in [2.05, 4.69) is 26.0 Å². The zero-order valence-corrected chi connectivity index (χ0v) is 12.4. The van der Waals surface area contributed by atoms with Crippen LogP contribution in [0.2, 0.25) is 0 Å². The fourth-order valence-electron chi connectivity index (χ4n) is 2.53. The van der Waals surface area contributed by atoms with E-state index in [-0.39, 0.29) is 5.38 Å². The second kappa shape index (κ2) is 4.42. The molecule has 0 fully saturated rings. The Kier molecular flexibility index (Phi) is 3.06. The van der Waals surface area contributed by atoms with Gasteiger partial charge >= 0.3 is 0 Å². The van der Waals surface area contributed by atoms with E-state index in [0.717, 1.165) is 0 Å². The molecule has 1 unspecified atom stereocenters. The smallest absolute Gasteiger partial charge is 0.0938 e. The van der Waals surface area contributed by atoms with Crippen LogP contribution in [-0.4, -0.2) is 0 Å². The van der Waals surface area contributed by atoms with Crippen LogP contribution < -0.4 is 0 Å². The van der Waals surface area contributed by atoms with Crippen molar-refractivity contribution in [2.45, 2.75) is 38.5 Å². The summed E-state index contributed by atoms with van der Waals surface area (Å²) in [5, 5.41) is 0.0514. The maximum Gasteiger partial charge on any atom is 0.0938 e. The fourth-order valence-corrected chi connectivity index (χ4v) is 5.24. The number of hydrogen-bond donors (Lipinski definition) is 0. The van der Waals surface area contributed by atoms with Crippen LogP contribution in [0, 0.1) is 13.8 Å². The lowest BCUT2D eigenvalue weighted by Gasteiger charge is -2.06. The van der Waals surface area contributed by atoms with Crippen molar-refractivity contribution in [3.63, 3.8) is 0 Å². The molecule has 3 heteroatoms. The Bertz CT molecular complexity index is 529. The Morgan fingerprint density at radius 2 is 2.00 bits per heavy atom. The highest BCUT2D eigenvalue weighted by Gasteiger charge is 2.21. The molecular formula is C14H15ClS2. The summed E-state index contributed by atoms with van der Waals surface area (Å²) in [6, 6.07) is 4.57. The molecule has 2 heterocycles. The van der Waals surface area contributed by atoms with Crippen molar-refractivity contribution in [2.24, 2.45) is 0 Å². The number of fused-ring (bicyclic) bond motifs is 1. The highest BCUT2D eigenvalue weighted by atomic mass is 35.5. The summed E-state index contributed by atoms with van der Waals surface area (Å²) in [7, 11) is 0. The Hall–Kier alpha value is -0.310. The molecule has 0 radical (unpaired) electrons. The zero-order chi connectivity index (χ0) is 12.0. The molecule has 0 N–H and O–H groups in total. The van der Waals surface area contributed by atoms with Gasteiger partial charge in [-0.1, -0.05) is 0 Å². The molecule has 2 aromatic rings. The SMILES string of the molecule is Cc1cc(C(Cl)c2cc3c(s2)CCC3)c(C)s1. The standard InChI is InChI=1S/C14H15ClS2/c1-8-6-11(9(2)16-8)14(15)13-7-10-4-3-5-12(10)17-13/h6-7,14H,3-5H2,1-2H3. The van der Waals surface area contributed by atoms with Crippen molar-refractivity contribution >= 4 is 34.3 Å². The largest absolute Gasteiger partial charge is 0.146 e. The molecule has 0 aliphatic heterocycles. The van der Waals surface area contributed by atoms with E-state index >= 15 is 0 Å². The predicted molar refractivity (Wildman–Crippen MR) is 77.8 cm³/mol. The normalized spacial score (nSPS) is 16.2. The number of alkyl halides is 1. The maximum atomic E-state index is 6.63. The molecule has 0 amide bonds. The molecule has 1 aliphatic carbocycles. The number of halogens is 1. The minimum Gasteiger partial charge on any atom is -0.146 e. The van der Waals surface area contributed by atoms with Gasteiger partial charge in [0, 0.05) is 19.5 Å². The van der Waals surface area contributed by atoms with E-state index < -0.39 is 0 Å². The van der Waals surface area contributed by atoms with Crippen LogP contribution in [0.3, 0.4) is 0 Å². The van der Waals surface area contributed by atoms with Gasteiger partial charge in [-0.2, -0.15) is 0 Å². The second-order valence-corrected chi connectivity index (χ2v) is 7.75. The molecule has 0 aromatic carbocycles. The van der Waals surface area contributed by atoms with Gasteiger partial charge in [0.1, 0.15) is 0 Å². The monoisotopic (exact) mass is 282 g/mol. The van der Waals surface area contributed by atoms with Gasteiger partial charge in [-0.3, -0.25) is 0 Å². The van der Waals surface area contributed by atoms with E-state index in [0.29, 0.717) is 0 Å². The summed E-state index contributed by atoms with van der Waals surface area (Å²) in [6.45, 7) is 4.32. The van der Waals surface area contributed by atoms with Crippen LogP contribution in [-0.2, 0) is 12.8 Å². The number of aryl methyl sites for hydroxylation is 4. The quantitative estimate of drug-likeness (QED) is 0.661. The van der Waals surface area contributed by atoms with Crippen molar-refractivity contribution in [1.82, 2.24) is 0 Å². The van der Waals surface area contributed by atoms with Gasteiger partial charge in [0.05, 0.1) is 5.38 Å². The Labute approximate surface area is 115 Å². The first-order chi connectivity index (χ1) is 8.15. The third-order valence-electron chi connectivity index (χ3n) is 3.37. The van der Waals surface area contributed by atoms with E-state index in [1.165, 1.54) is 39.5 Å². The molecule has 0 bridgehead atoms. The molecule has 0 saturated heterocycles. The fraction of sp³-hybridized carbons (Fsp3) is 0.429. The average Bonchev–Trinajstić information content (AvgIpc) is 2.90. The summed E-state index contributed by atoms with van der Waals surface area (Å²) >= 11 is 10.4. The first-order valence-corrected chi connectivity index (χ1v) is 8.04. The highest BCUT2D eigenvalue weighted by Crippen LogP contribution is 2.41. The zero-order valence-electron chi connectivity index (χ0n) is 10.0. The topological polar surface area (TPSA) is 0 Å². The minimum absolute atomic E-state index is 0.0514. The van der Waals surface area contributed by atoms with Crippen molar-refractivity contribution in [2.75, 3.05) is 0 Å². The lowest BCUT2D eigenvalue weighted by atomic mass is 10.1. The summed E-state index contributed by atoms with van der Waals surface area (Å²) < 4.78 is 0. The van der Waals surface area contributed by atoms with Crippen LogP contribution in [0.15, 0.2) is 12.1 Å². The van der Waals surface area contributed by atoms with Crippen LogP contribution in [0.25, 0.3) is 0 Å². The summed E-state index contributed by atoms with van der Waals surface area (Å²) in [5.74, 6) is 0. The first kappa shape index (κ1) is 11.8. The summed E-state index contributed by atoms with van der Waals surface area (Å²) in [4.78, 5) is 5.61. The predicted octanol–water partition coefficient (Wildman–Crippen LogP) is 5.24. The highest BCUT2D eigenvalue weighted by molar-refractivity contribution is 7.13. The van der Waals surface area contributed by atoms with Gasteiger partial charge in [-0.15, -0.1) is 34.3 Å². The Balaban J connectivity index is 1.95. The van der Waals surface area contributed by atoms with Gasteiger partial charge in [-0.25, -0.2) is 0 Å². The minimum atomic E-state index is 0.0514. The Morgan fingerprint density at radius 1 is 1.18 bits per heavy atom. The number of rotatable bonds is 2. The average molecular weight is 283 g/mol. The molecule has 17 heavy (non-hydrogen) atoms. The summed E-state index contributed by atoms with van der Waals surface area (Å²) in [5.41, 5.74) is 2.84. The van der Waals surface area contributed by atoms with Gasteiger partial charge in [-0.05, 0) is 56.4 Å². The van der Waals surface area contributed by atoms with Crippen LogP contribution in [0.4, 0.5) is 0 Å². The summed E-state index contributed by atoms with van der Waals surface area (Å²) in [6.07, 6.45) is 3.83. The van der Waals surface area contributed by atoms with Crippen molar-refractivity contribution in [3.8, 4) is 0 Å². The molecule has 90 valence electrons. The number of thiophene rings is 2. The molecule has 1 atom stereocenters. The van der Waals surface area contributed by atoms with Gasteiger partial charge in [0.15, 0.2) is 0 Å². The van der Waals surface area contributed by atoms with Crippen molar-refractivity contribution in [3.05, 3.63) is 42.8 Å². The Morgan fingerprint density at radius 3 is 2.65 bits per heavy atom. The molecule has 0 spiro atoms. The third kappa shape index (κ3) is 2.07. The van der Waals surface area contributed by atoms with Gasteiger partial charge in [0.2, 0.25) is 0 Å². The molecule has 1 aliphatic rings. The van der Waals surface area contributed by atoms with E-state index in [1.54, 1.807) is 10.4 Å². The van der Waals surface area contributed by atoms with E-state index in [4.69, 9.17) is 11.6 Å². The first-order valence-electron chi connectivity index (χ1n) is 5.97. The van der Waals surface area contributed by atoms with Crippen LogP contribution in [0.5, 0.6) is 0 Å². The van der Waals surface area contributed by atoms with Crippen LogP contribution >= 0.6 is 34.3 Å². The van der Waals surface area contributed by atoms with Gasteiger partial charge in [0.25, 0.3) is 0 Å². The van der Waals surface area contributed by atoms with Crippen molar-refractivity contribution in [1.29, 1.82) is 0 Å². The molecule has 0 saturated carbocycles. The number of hydrogen-bond acceptors (Lipinski definition) is 2. The van der Waals surface area contributed by atoms with Crippen molar-refractivity contribution < 1.29 is 0 Å². The van der Waals surface area contributed by atoms with Crippen LogP contribution in [0.1, 0.15) is 42.4 Å². The van der Waals surface area contributed by atoms with Gasteiger partial charge < -0.3 is 0 Å². The maximum absolute atomic E-state index is 6.63. The third-order valence-corrected chi connectivity index (χ3v) is 6.25. The molecule has 3 rings (SSSR count). The van der Waals surface area contributed by atoms with E-state index in [9.17, 15) is 0 Å². The molecule has 0 nitrogen and oxygen atoms in total. The molecule has 2 aromatic heterocycles.